The molecule has 2 atom stereocenters. The van der Waals surface area contributed by atoms with Gasteiger partial charge in [-0.2, -0.15) is 0 Å². The molecule has 0 aromatic carbocycles. The fourth-order valence-corrected chi connectivity index (χ4v) is 6.59. The van der Waals surface area contributed by atoms with Crippen molar-refractivity contribution in [1.82, 2.24) is 15.4 Å². The predicted molar refractivity (Wildman–Crippen MR) is 93.4 cm³/mol. The van der Waals surface area contributed by atoms with Gasteiger partial charge in [0.25, 0.3) is 5.91 Å². The van der Waals surface area contributed by atoms with Crippen molar-refractivity contribution in [2.24, 2.45) is 23.2 Å². The van der Waals surface area contributed by atoms with E-state index in [9.17, 15) is 9.18 Å². The fourth-order valence-electron chi connectivity index (χ4n) is 6.59. The molecule has 5 nitrogen and oxygen atoms in total. The number of nitrogens with zero attached hydrogens (tertiary/aromatic N) is 2. The third-order valence-corrected chi connectivity index (χ3v) is 7.34. The summed E-state index contributed by atoms with van der Waals surface area (Å²) in [7, 11) is 0. The minimum Gasteiger partial charge on any atom is -0.297 e. The Labute approximate surface area is 152 Å². The molecule has 4 aliphatic carbocycles. The summed E-state index contributed by atoms with van der Waals surface area (Å²) in [6.07, 6.45) is 7.47. The minimum absolute atomic E-state index is 0.302. The maximum Gasteiger partial charge on any atom is 0.276 e. The molecule has 0 spiro atoms. The summed E-state index contributed by atoms with van der Waals surface area (Å²) in [6.45, 7) is 2.82. The number of carbonyl (C=O) groups excluding carboxylic acids is 1. The second kappa shape index (κ2) is 5.99. The van der Waals surface area contributed by atoms with Gasteiger partial charge in [0.2, 0.25) is 0 Å². The Morgan fingerprint density at radius 3 is 2.85 bits per heavy atom. The fraction of sp³-hybridized carbons (Fsp3) is 0.700. The minimum atomic E-state index is -0.556. The third-order valence-electron chi connectivity index (χ3n) is 7.34. The second-order valence-electron chi connectivity index (χ2n) is 9.15. The molecular weight excluding hydrogens is 333 g/mol. The van der Waals surface area contributed by atoms with Gasteiger partial charge in [-0.3, -0.25) is 19.9 Å². The molecule has 140 valence electrons. The summed E-state index contributed by atoms with van der Waals surface area (Å²) in [6, 6.07) is 1.84. The predicted octanol–water partition coefficient (Wildman–Crippen LogP) is 2.72. The zero-order valence-corrected chi connectivity index (χ0v) is 15.0. The first kappa shape index (κ1) is 16.6. The number of nitrogens with one attached hydrogen (secondary N) is 1. The third kappa shape index (κ3) is 2.65. The molecule has 2 unspecified atom stereocenters. The SMILES string of the molecule is O=C(NO)c1cnc2c(c1)CCN(CC13CC4CC(C1)C(F)C(C4)C3)C2. The summed E-state index contributed by atoms with van der Waals surface area (Å²) >= 11 is 0. The Morgan fingerprint density at radius 2 is 2.12 bits per heavy atom. The Morgan fingerprint density at radius 1 is 1.35 bits per heavy atom. The van der Waals surface area contributed by atoms with Crippen molar-refractivity contribution < 1.29 is 14.4 Å². The Kier molecular flexibility index (Phi) is 3.83. The molecule has 1 aromatic heterocycles. The van der Waals surface area contributed by atoms with Gasteiger partial charge in [0.15, 0.2) is 0 Å². The summed E-state index contributed by atoms with van der Waals surface area (Å²) in [4.78, 5) is 18.5. The van der Waals surface area contributed by atoms with Gasteiger partial charge < -0.3 is 0 Å². The smallest absolute Gasteiger partial charge is 0.276 e. The molecule has 4 fully saturated rings. The normalized spacial score (nSPS) is 38.2. The zero-order chi connectivity index (χ0) is 17.9. The number of hydroxylamine groups is 1. The number of amides is 1. The largest absolute Gasteiger partial charge is 0.297 e. The molecule has 1 amide bonds. The van der Waals surface area contributed by atoms with Crippen LogP contribution in [0.1, 0.15) is 53.7 Å². The average Bonchev–Trinajstić information content (AvgIpc) is 2.64. The number of rotatable bonds is 3. The molecule has 2 N–H and O–H groups in total. The number of pyridine rings is 1. The van der Waals surface area contributed by atoms with Gasteiger partial charge >= 0.3 is 0 Å². The lowest BCUT2D eigenvalue weighted by Crippen LogP contribution is -2.56. The molecule has 26 heavy (non-hydrogen) atoms. The quantitative estimate of drug-likeness (QED) is 0.643. The number of hydrogen-bond acceptors (Lipinski definition) is 4. The number of aromatic nitrogens is 1. The number of fused-ring (bicyclic) bond motifs is 1. The van der Waals surface area contributed by atoms with Crippen LogP contribution in [0, 0.1) is 23.2 Å². The molecule has 2 heterocycles. The van der Waals surface area contributed by atoms with E-state index >= 15 is 0 Å². The van der Waals surface area contributed by atoms with Gasteiger partial charge in [0, 0.05) is 25.8 Å². The maximum absolute atomic E-state index is 14.5. The van der Waals surface area contributed by atoms with Gasteiger partial charge in [-0.05, 0) is 73.3 Å². The molecule has 4 bridgehead atoms. The number of hydrogen-bond donors (Lipinski definition) is 2. The molecule has 0 radical (unpaired) electrons. The first-order valence-corrected chi connectivity index (χ1v) is 9.84. The average molecular weight is 359 g/mol. The van der Waals surface area contributed by atoms with Crippen LogP contribution in [0.5, 0.6) is 0 Å². The maximum atomic E-state index is 14.5. The highest BCUT2D eigenvalue weighted by Crippen LogP contribution is 2.61. The van der Waals surface area contributed by atoms with Crippen molar-refractivity contribution in [1.29, 1.82) is 0 Å². The molecule has 1 aromatic rings. The van der Waals surface area contributed by atoms with Crippen molar-refractivity contribution in [3.05, 3.63) is 29.1 Å². The van der Waals surface area contributed by atoms with Crippen LogP contribution in [-0.2, 0) is 13.0 Å². The van der Waals surface area contributed by atoms with E-state index < -0.39 is 12.1 Å². The summed E-state index contributed by atoms with van der Waals surface area (Å²) in [5.41, 5.74) is 4.50. The van der Waals surface area contributed by atoms with E-state index in [0.29, 0.717) is 22.8 Å². The van der Waals surface area contributed by atoms with Crippen LogP contribution in [0.3, 0.4) is 0 Å². The second-order valence-corrected chi connectivity index (χ2v) is 9.15. The molecule has 0 saturated heterocycles. The molecular formula is C20H26FN3O2. The van der Waals surface area contributed by atoms with Crippen LogP contribution in [0.15, 0.2) is 12.3 Å². The highest BCUT2D eigenvalue weighted by atomic mass is 19.1. The van der Waals surface area contributed by atoms with Crippen molar-refractivity contribution in [2.45, 2.75) is 51.2 Å². The Balaban J connectivity index is 1.31. The van der Waals surface area contributed by atoms with E-state index in [4.69, 9.17) is 5.21 Å². The summed E-state index contributed by atoms with van der Waals surface area (Å²) in [5.74, 6) is 0.832. The lowest BCUT2D eigenvalue weighted by Gasteiger charge is -2.59. The van der Waals surface area contributed by atoms with Gasteiger partial charge in [-0.1, -0.05) is 0 Å². The van der Waals surface area contributed by atoms with Crippen molar-refractivity contribution in [3.63, 3.8) is 0 Å². The van der Waals surface area contributed by atoms with E-state index in [2.05, 4.69) is 9.88 Å². The van der Waals surface area contributed by atoms with Gasteiger partial charge in [-0.25, -0.2) is 9.87 Å². The van der Waals surface area contributed by atoms with E-state index in [0.717, 1.165) is 68.9 Å². The first-order valence-electron chi connectivity index (χ1n) is 9.84. The van der Waals surface area contributed by atoms with Crippen LogP contribution in [-0.4, -0.2) is 40.3 Å². The van der Waals surface area contributed by atoms with Crippen LogP contribution >= 0.6 is 0 Å². The van der Waals surface area contributed by atoms with Crippen molar-refractivity contribution >= 4 is 5.91 Å². The summed E-state index contributed by atoms with van der Waals surface area (Å²) < 4.78 is 14.5. The molecule has 6 heteroatoms. The van der Waals surface area contributed by atoms with Crippen LogP contribution in [0.2, 0.25) is 0 Å². The topological polar surface area (TPSA) is 65.5 Å². The van der Waals surface area contributed by atoms with Crippen LogP contribution in [0.25, 0.3) is 0 Å². The molecule has 4 saturated carbocycles. The molecule has 5 aliphatic rings. The van der Waals surface area contributed by atoms with E-state index in [-0.39, 0.29) is 0 Å². The van der Waals surface area contributed by atoms with Gasteiger partial charge in [0.05, 0.1) is 11.3 Å². The molecule has 1 aliphatic heterocycles. The lowest BCUT2D eigenvalue weighted by molar-refractivity contribution is -0.116. The highest BCUT2D eigenvalue weighted by Gasteiger charge is 2.56. The first-order chi connectivity index (χ1) is 12.5. The number of alkyl halides is 1. The zero-order valence-electron chi connectivity index (χ0n) is 15.0. The van der Waals surface area contributed by atoms with Crippen molar-refractivity contribution in [2.75, 3.05) is 13.1 Å². The van der Waals surface area contributed by atoms with Crippen LogP contribution in [0.4, 0.5) is 4.39 Å². The van der Waals surface area contributed by atoms with Crippen molar-refractivity contribution in [3.8, 4) is 0 Å². The van der Waals surface area contributed by atoms with Gasteiger partial charge in [0.1, 0.15) is 6.17 Å². The number of halogens is 1. The van der Waals surface area contributed by atoms with Crippen LogP contribution < -0.4 is 5.48 Å². The summed E-state index contributed by atoms with van der Waals surface area (Å²) in [5, 5.41) is 8.78. The standard InChI is InChI=1S/C20H26FN3O2/c21-18-14-3-12-4-15(18)8-20(6-12,7-14)11-24-2-1-13-5-16(19(25)23-26)9-22-17(13)10-24/h5,9,12,14-15,18,26H,1-4,6-8,10-11H2,(H,23,25). The Hall–Kier alpha value is -1.53. The lowest BCUT2D eigenvalue weighted by atomic mass is 9.49. The van der Waals surface area contributed by atoms with E-state index in [1.807, 2.05) is 6.07 Å². The monoisotopic (exact) mass is 359 g/mol. The number of carbonyl (C=O) groups is 1. The van der Waals surface area contributed by atoms with Gasteiger partial charge in [-0.15, -0.1) is 0 Å². The molecule has 6 rings (SSSR count). The van der Waals surface area contributed by atoms with E-state index in [1.165, 1.54) is 12.6 Å². The Bertz CT molecular complexity index is 724. The van der Waals surface area contributed by atoms with E-state index in [1.54, 1.807) is 5.48 Å². The highest BCUT2D eigenvalue weighted by molar-refractivity contribution is 5.93.